The van der Waals surface area contributed by atoms with Crippen LogP contribution in [0, 0.1) is 3.82 Å². The Morgan fingerprint density at radius 1 is 1.07 bits per heavy atom. The van der Waals surface area contributed by atoms with E-state index in [0.29, 0.717) is 18.8 Å². The minimum absolute atomic E-state index is 0. The SMILES string of the molecule is CCN(CCO)Cc1cc(-c2ssc(=S)c2Cc2ccccc2)ccc1O.Cl. The molecule has 0 fully saturated rings. The quantitative estimate of drug-likeness (QED) is 0.337. The molecule has 0 aliphatic heterocycles. The van der Waals surface area contributed by atoms with Crippen LogP contribution in [0.25, 0.3) is 10.4 Å². The van der Waals surface area contributed by atoms with Crippen molar-refractivity contribution < 1.29 is 10.2 Å². The first-order valence-electron chi connectivity index (χ1n) is 8.93. The van der Waals surface area contributed by atoms with Gasteiger partial charge in [0.15, 0.2) is 0 Å². The van der Waals surface area contributed by atoms with Gasteiger partial charge in [-0.25, -0.2) is 0 Å². The van der Waals surface area contributed by atoms with E-state index < -0.39 is 0 Å². The number of benzene rings is 2. The molecule has 0 atom stereocenters. The molecule has 3 aromatic rings. The van der Waals surface area contributed by atoms with Crippen LogP contribution in [0.5, 0.6) is 5.75 Å². The molecule has 0 aliphatic carbocycles. The summed E-state index contributed by atoms with van der Waals surface area (Å²) in [5.41, 5.74) is 4.39. The highest BCUT2D eigenvalue weighted by atomic mass is 35.5. The van der Waals surface area contributed by atoms with Crippen molar-refractivity contribution in [3.63, 3.8) is 0 Å². The Kier molecular flexibility index (Phi) is 9.08. The van der Waals surface area contributed by atoms with Crippen molar-refractivity contribution in [3.8, 4) is 16.2 Å². The lowest BCUT2D eigenvalue weighted by atomic mass is 10.0. The number of aliphatic hydroxyl groups excluding tert-OH is 1. The molecule has 0 saturated heterocycles. The van der Waals surface area contributed by atoms with Gasteiger partial charge in [0, 0.05) is 30.6 Å². The fourth-order valence-corrected chi connectivity index (χ4v) is 5.94. The number of phenolic OH excluding ortho intramolecular Hbond substituents is 1. The molecule has 1 heterocycles. The monoisotopic (exact) mass is 453 g/mol. The highest BCUT2D eigenvalue weighted by Crippen LogP contribution is 2.37. The molecule has 0 unspecified atom stereocenters. The Morgan fingerprint density at radius 3 is 2.50 bits per heavy atom. The van der Waals surface area contributed by atoms with E-state index in [1.54, 1.807) is 26.7 Å². The van der Waals surface area contributed by atoms with Gasteiger partial charge >= 0.3 is 0 Å². The molecule has 0 amide bonds. The Morgan fingerprint density at radius 2 is 1.82 bits per heavy atom. The molecule has 0 saturated carbocycles. The topological polar surface area (TPSA) is 43.7 Å². The van der Waals surface area contributed by atoms with Crippen LogP contribution in [0.4, 0.5) is 0 Å². The van der Waals surface area contributed by atoms with Gasteiger partial charge in [0.05, 0.1) is 11.5 Å². The lowest BCUT2D eigenvalue weighted by molar-refractivity contribution is 0.195. The normalized spacial score (nSPS) is 10.8. The van der Waals surface area contributed by atoms with E-state index in [0.717, 1.165) is 27.9 Å². The van der Waals surface area contributed by atoms with Crippen LogP contribution in [-0.4, -0.2) is 34.8 Å². The lowest BCUT2D eigenvalue weighted by Gasteiger charge is -2.20. The molecule has 0 aliphatic rings. The second-order valence-corrected chi connectivity index (χ2v) is 9.18. The summed E-state index contributed by atoms with van der Waals surface area (Å²) in [6.45, 7) is 4.19. The summed E-state index contributed by atoms with van der Waals surface area (Å²) in [6.07, 6.45) is 0.816. The number of nitrogens with zero attached hydrogens (tertiary/aromatic N) is 1. The Labute approximate surface area is 184 Å². The first kappa shape index (κ1) is 23.0. The molecule has 1 aromatic heterocycles. The first-order chi connectivity index (χ1) is 13.1. The second-order valence-electron chi connectivity index (χ2n) is 6.36. The zero-order valence-electron chi connectivity index (χ0n) is 15.6. The largest absolute Gasteiger partial charge is 0.508 e. The molecule has 3 rings (SSSR count). The van der Waals surface area contributed by atoms with Crippen molar-refractivity contribution in [2.45, 2.75) is 19.9 Å². The third kappa shape index (κ3) is 5.63. The van der Waals surface area contributed by atoms with Gasteiger partial charge in [-0.1, -0.05) is 70.2 Å². The van der Waals surface area contributed by atoms with E-state index >= 15 is 0 Å². The van der Waals surface area contributed by atoms with Gasteiger partial charge < -0.3 is 10.2 Å². The van der Waals surface area contributed by atoms with Crippen LogP contribution in [0.1, 0.15) is 23.6 Å². The van der Waals surface area contributed by atoms with Crippen LogP contribution in [0.15, 0.2) is 48.5 Å². The summed E-state index contributed by atoms with van der Waals surface area (Å²) in [5, 5.41) is 19.5. The third-order valence-electron chi connectivity index (χ3n) is 4.54. The molecule has 150 valence electrons. The van der Waals surface area contributed by atoms with Crippen molar-refractivity contribution in [3.05, 3.63) is 69.0 Å². The van der Waals surface area contributed by atoms with Gasteiger partial charge in [-0.05, 0) is 35.9 Å². The number of aliphatic hydroxyl groups is 1. The van der Waals surface area contributed by atoms with Crippen LogP contribution in [0.3, 0.4) is 0 Å². The average molecular weight is 454 g/mol. The maximum atomic E-state index is 10.3. The van der Waals surface area contributed by atoms with E-state index in [1.165, 1.54) is 16.0 Å². The minimum atomic E-state index is 0. The molecule has 0 radical (unpaired) electrons. The third-order valence-corrected chi connectivity index (χ3v) is 7.74. The summed E-state index contributed by atoms with van der Waals surface area (Å²) in [4.78, 5) is 3.29. The zero-order valence-corrected chi connectivity index (χ0v) is 18.9. The number of rotatable bonds is 8. The van der Waals surface area contributed by atoms with Crippen molar-refractivity contribution in [2.24, 2.45) is 0 Å². The molecule has 2 aromatic carbocycles. The fourth-order valence-electron chi connectivity index (χ4n) is 3.03. The second kappa shape index (κ2) is 11.0. The van der Waals surface area contributed by atoms with E-state index in [1.807, 2.05) is 24.3 Å². The van der Waals surface area contributed by atoms with Crippen molar-refractivity contribution in [1.29, 1.82) is 0 Å². The Bertz CT molecular complexity index is 940. The number of hydrogen-bond donors (Lipinski definition) is 2. The van der Waals surface area contributed by atoms with E-state index in [9.17, 15) is 10.2 Å². The van der Waals surface area contributed by atoms with Crippen molar-refractivity contribution >= 4 is 45.3 Å². The molecule has 7 heteroatoms. The number of halogens is 1. The predicted molar refractivity (Wildman–Crippen MR) is 125 cm³/mol. The molecule has 3 nitrogen and oxygen atoms in total. The average Bonchev–Trinajstić information content (AvgIpc) is 3.04. The summed E-state index contributed by atoms with van der Waals surface area (Å²) >= 11 is 5.60. The van der Waals surface area contributed by atoms with Gasteiger partial charge in [0.25, 0.3) is 0 Å². The molecule has 0 spiro atoms. The number of hydrogen-bond acceptors (Lipinski definition) is 6. The minimum Gasteiger partial charge on any atom is -0.508 e. The summed E-state index contributed by atoms with van der Waals surface area (Å²) in [7, 11) is 3.33. The van der Waals surface area contributed by atoms with Crippen LogP contribution in [0.2, 0.25) is 0 Å². The van der Waals surface area contributed by atoms with Gasteiger partial charge in [-0.15, -0.1) is 12.4 Å². The predicted octanol–water partition coefficient (Wildman–Crippen LogP) is 5.74. The van der Waals surface area contributed by atoms with Crippen LogP contribution >= 0.6 is 45.3 Å². The number of likely N-dealkylation sites (N-methyl/N-ethyl adjacent to an activating group) is 1. The van der Waals surface area contributed by atoms with Gasteiger partial charge in [0.1, 0.15) is 9.57 Å². The molecule has 0 bridgehead atoms. The van der Waals surface area contributed by atoms with E-state index in [4.69, 9.17) is 12.2 Å². The Balaban J connectivity index is 0.00000280. The Hall–Kier alpha value is -1.28. The lowest BCUT2D eigenvalue weighted by Crippen LogP contribution is -2.26. The maximum Gasteiger partial charge on any atom is 0.120 e. The highest BCUT2D eigenvalue weighted by Gasteiger charge is 2.14. The fraction of sp³-hybridized carbons (Fsp3) is 0.286. The van der Waals surface area contributed by atoms with Crippen molar-refractivity contribution in [2.75, 3.05) is 19.7 Å². The smallest absolute Gasteiger partial charge is 0.120 e. The molecule has 28 heavy (non-hydrogen) atoms. The highest BCUT2D eigenvalue weighted by molar-refractivity contribution is 7.80. The van der Waals surface area contributed by atoms with Crippen LogP contribution < -0.4 is 0 Å². The van der Waals surface area contributed by atoms with E-state index in [2.05, 4.69) is 30.0 Å². The number of aromatic hydroxyl groups is 1. The van der Waals surface area contributed by atoms with Crippen molar-refractivity contribution in [1.82, 2.24) is 4.90 Å². The van der Waals surface area contributed by atoms with Crippen LogP contribution in [-0.2, 0) is 13.0 Å². The van der Waals surface area contributed by atoms with Gasteiger partial charge in [-0.3, -0.25) is 4.90 Å². The molecular weight excluding hydrogens is 430 g/mol. The standard InChI is InChI=1S/C21H23NO2S3.ClH/c1-2-22(10-11-23)14-17-13-16(8-9-19(17)24)20-18(21(25)27-26-20)12-15-6-4-3-5-7-15;/h3-9,13,23-24H,2,10-12,14H2,1H3;1H. The van der Waals surface area contributed by atoms with Gasteiger partial charge in [-0.2, -0.15) is 0 Å². The molecule has 2 N–H and O–H groups in total. The van der Waals surface area contributed by atoms with Gasteiger partial charge in [0.2, 0.25) is 0 Å². The maximum absolute atomic E-state index is 10.3. The summed E-state index contributed by atoms with van der Waals surface area (Å²) in [5.74, 6) is 0.290. The number of phenols is 1. The summed E-state index contributed by atoms with van der Waals surface area (Å²) in [6, 6.07) is 16.1. The molecular formula is C21H24ClNO2S3. The zero-order chi connectivity index (χ0) is 19.2. The summed E-state index contributed by atoms with van der Waals surface area (Å²) < 4.78 is 0.934. The first-order valence-corrected chi connectivity index (χ1v) is 11.5. The van der Waals surface area contributed by atoms with E-state index in [-0.39, 0.29) is 19.0 Å².